The van der Waals surface area contributed by atoms with E-state index in [2.05, 4.69) is 4.98 Å². The molecule has 0 radical (unpaired) electrons. The van der Waals surface area contributed by atoms with Crippen molar-refractivity contribution in [3.05, 3.63) is 58.6 Å². The molecule has 0 unspecified atom stereocenters. The number of aromatic nitrogens is 1. The third-order valence-corrected chi connectivity index (χ3v) is 2.71. The van der Waals surface area contributed by atoms with Crippen LogP contribution in [0.3, 0.4) is 0 Å². The largest absolute Gasteiger partial charge is 0.489 e. The van der Waals surface area contributed by atoms with Crippen LogP contribution >= 0.6 is 11.6 Å². The van der Waals surface area contributed by atoms with Crippen LogP contribution in [-0.2, 0) is 6.61 Å². The molecule has 0 saturated carbocycles. The van der Waals surface area contributed by atoms with Crippen molar-refractivity contribution in [2.24, 2.45) is 0 Å². The number of carbonyl (C=O) groups is 1. The minimum Gasteiger partial charge on any atom is -0.489 e. The molecule has 1 N–H and O–H groups in total. The van der Waals surface area contributed by atoms with E-state index in [0.717, 1.165) is 12.1 Å². The summed E-state index contributed by atoms with van der Waals surface area (Å²) < 4.78 is 18.5. The van der Waals surface area contributed by atoms with Crippen molar-refractivity contribution in [2.45, 2.75) is 6.61 Å². The minimum atomic E-state index is -1.22. The van der Waals surface area contributed by atoms with E-state index < -0.39 is 11.8 Å². The van der Waals surface area contributed by atoms with Crippen molar-refractivity contribution >= 4 is 17.6 Å². The normalized spacial score (nSPS) is 10.2. The molecule has 0 atom stereocenters. The molecule has 0 bridgehead atoms. The van der Waals surface area contributed by atoms with E-state index in [0.29, 0.717) is 10.6 Å². The lowest BCUT2D eigenvalue weighted by molar-refractivity contribution is 0.0695. The van der Waals surface area contributed by atoms with E-state index in [4.69, 9.17) is 21.4 Å². The van der Waals surface area contributed by atoms with Crippen LogP contribution in [0.25, 0.3) is 0 Å². The maximum Gasteiger partial charge on any atom is 0.335 e. The summed E-state index contributed by atoms with van der Waals surface area (Å²) in [6.07, 6.45) is 3.02. The number of carboxylic acid groups (broad SMARTS) is 1. The van der Waals surface area contributed by atoms with Crippen LogP contribution in [0.2, 0.25) is 5.02 Å². The summed E-state index contributed by atoms with van der Waals surface area (Å²) in [6, 6.07) is 4.95. The molecule has 0 aliphatic heterocycles. The minimum absolute atomic E-state index is 0.101. The van der Waals surface area contributed by atoms with E-state index in [1.807, 2.05) is 0 Å². The fourth-order valence-electron chi connectivity index (χ4n) is 1.45. The SMILES string of the molecule is O=C(O)c1cc(F)cc(OCc2ccncc2Cl)c1. The smallest absolute Gasteiger partial charge is 0.335 e. The van der Waals surface area contributed by atoms with Gasteiger partial charge in [0.1, 0.15) is 18.2 Å². The number of carboxylic acids is 1. The number of aromatic carboxylic acids is 1. The predicted octanol–water partition coefficient (Wildman–Crippen LogP) is 3.15. The van der Waals surface area contributed by atoms with Gasteiger partial charge < -0.3 is 9.84 Å². The van der Waals surface area contributed by atoms with Crippen LogP contribution in [0.1, 0.15) is 15.9 Å². The first-order valence-corrected chi connectivity index (χ1v) is 5.69. The Morgan fingerprint density at radius 2 is 2.21 bits per heavy atom. The lowest BCUT2D eigenvalue weighted by Crippen LogP contribution is -2.01. The average Bonchev–Trinajstić information content (AvgIpc) is 2.37. The molecule has 0 spiro atoms. The topological polar surface area (TPSA) is 59.4 Å². The molecule has 1 aromatic heterocycles. The Balaban J connectivity index is 2.16. The molecule has 0 saturated heterocycles. The predicted molar refractivity (Wildman–Crippen MR) is 66.9 cm³/mol. The van der Waals surface area contributed by atoms with Gasteiger partial charge in [-0.3, -0.25) is 4.98 Å². The van der Waals surface area contributed by atoms with Crippen molar-refractivity contribution in [3.63, 3.8) is 0 Å². The summed E-state index contributed by atoms with van der Waals surface area (Å²) in [5, 5.41) is 9.24. The molecule has 98 valence electrons. The van der Waals surface area contributed by atoms with Crippen molar-refractivity contribution in [2.75, 3.05) is 0 Å². The van der Waals surface area contributed by atoms with Crippen LogP contribution in [0.15, 0.2) is 36.7 Å². The van der Waals surface area contributed by atoms with Crippen molar-refractivity contribution in [1.82, 2.24) is 4.98 Å². The Hall–Kier alpha value is -2.14. The monoisotopic (exact) mass is 281 g/mol. The fourth-order valence-corrected chi connectivity index (χ4v) is 1.63. The highest BCUT2D eigenvalue weighted by Crippen LogP contribution is 2.20. The number of pyridine rings is 1. The summed E-state index contributed by atoms with van der Waals surface area (Å²) >= 11 is 5.89. The van der Waals surface area contributed by atoms with E-state index in [-0.39, 0.29) is 17.9 Å². The molecule has 2 aromatic rings. The highest BCUT2D eigenvalue weighted by Gasteiger charge is 2.08. The molecule has 0 amide bonds. The van der Waals surface area contributed by atoms with Gasteiger partial charge in [-0.15, -0.1) is 0 Å². The van der Waals surface area contributed by atoms with Gasteiger partial charge in [-0.1, -0.05) is 11.6 Å². The van der Waals surface area contributed by atoms with Crippen LogP contribution in [0.5, 0.6) is 5.75 Å². The second-order valence-electron chi connectivity index (χ2n) is 3.74. The number of rotatable bonds is 4. The Morgan fingerprint density at radius 1 is 1.42 bits per heavy atom. The number of hydrogen-bond donors (Lipinski definition) is 1. The second-order valence-corrected chi connectivity index (χ2v) is 4.14. The molecule has 4 nitrogen and oxygen atoms in total. The first-order chi connectivity index (χ1) is 9.06. The second kappa shape index (κ2) is 5.67. The van der Waals surface area contributed by atoms with Crippen LogP contribution in [0.4, 0.5) is 4.39 Å². The fraction of sp³-hybridized carbons (Fsp3) is 0.0769. The molecular formula is C13H9ClFNO3. The lowest BCUT2D eigenvalue weighted by atomic mass is 10.2. The molecule has 1 heterocycles. The van der Waals surface area contributed by atoms with Gasteiger partial charge in [-0.25, -0.2) is 9.18 Å². The Morgan fingerprint density at radius 3 is 2.89 bits per heavy atom. The van der Waals surface area contributed by atoms with Gasteiger partial charge in [0.2, 0.25) is 0 Å². The molecule has 19 heavy (non-hydrogen) atoms. The van der Waals surface area contributed by atoms with Gasteiger partial charge in [0, 0.05) is 24.0 Å². The Bertz CT molecular complexity index is 619. The number of halogens is 2. The Kier molecular flexibility index (Phi) is 3.97. The Labute approximate surface area is 113 Å². The zero-order valence-corrected chi connectivity index (χ0v) is 10.4. The zero-order chi connectivity index (χ0) is 13.8. The van der Waals surface area contributed by atoms with E-state index >= 15 is 0 Å². The lowest BCUT2D eigenvalue weighted by Gasteiger charge is -2.08. The maximum atomic E-state index is 13.2. The maximum absolute atomic E-state index is 13.2. The van der Waals surface area contributed by atoms with Crippen LogP contribution < -0.4 is 4.74 Å². The van der Waals surface area contributed by atoms with Crippen molar-refractivity contribution in [3.8, 4) is 5.75 Å². The quantitative estimate of drug-likeness (QED) is 0.935. The summed E-state index contributed by atoms with van der Waals surface area (Å²) in [4.78, 5) is 14.6. The van der Waals surface area contributed by atoms with E-state index in [1.165, 1.54) is 12.3 Å². The first kappa shape index (κ1) is 13.3. The average molecular weight is 282 g/mol. The van der Waals surface area contributed by atoms with Crippen molar-refractivity contribution < 1.29 is 19.0 Å². The van der Waals surface area contributed by atoms with Gasteiger partial charge in [-0.2, -0.15) is 0 Å². The van der Waals surface area contributed by atoms with Gasteiger partial charge in [0.15, 0.2) is 0 Å². The highest BCUT2D eigenvalue weighted by atomic mass is 35.5. The molecule has 0 fully saturated rings. The number of benzene rings is 1. The van der Waals surface area contributed by atoms with Gasteiger partial charge in [0.25, 0.3) is 0 Å². The molecule has 6 heteroatoms. The molecular weight excluding hydrogens is 273 g/mol. The van der Waals surface area contributed by atoms with E-state index in [9.17, 15) is 9.18 Å². The number of ether oxygens (including phenoxy) is 1. The summed E-state index contributed by atoms with van der Waals surface area (Å²) in [5.41, 5.74) is 0.508. The first-order valence-electron chi connectivity index (χ1n) is 5.31. The van der Waals surface area contributed by atoms with Gasteiger partial charge in [0.05, 0.1) is 10.6 Å². The van der Waals surface area contributed by atoms with Gasteiger partial charge >= 0.3 is 5.97 Å². The number of nitrogens with zero attached hydrogens (tertiary/aromatic N) is 1. The van der Waals surface area contributed by atoms with Crippen LogP contribution in [0, 0.1) is 5.82 Å². The van der Waals surface area contributed by atoms with E-state index in [1.54, 1.807) is 12.3 Å². The third-order valence-electron chi connectivity index (χ3n) is 2.37. The zero-order valence-electron chi connectivity index (χ0n) is 9.64. The molecule has 1 aromatic carbocycles. The van der Waals surface area contributed by atoms with Crippen LogP contribution in [-0.4, -0.2) is 16.1 Å². The summed E-state index contributed by atoms with van der Waals surface area (Å²) in [7, 11) is 0. The third kappa shape index (κ3) is 3.42. The molecule has 0 aliphatic rings. The standard InChI is InChI=1S/C13H9ClFNO3/c14-12-6-16-2-1-8(12)7-19-11-4-9(13(17)18)3-10(15)5-11/h1-6H,7H2,(H,17,18). The molecule has 0 aliphatic carbocycles. The summed E-state index contributed by atoms with van der Waals surface area (Å²) in [6.45, 7) is 0.101. The van der Waals surface area contributed by atoms with Crippen molar-refractivity contribution in [1.29, 1.82) is 0 Å². The molecule has 2 rings (SSSR count). The van der Waals surface area contributed by atoms with Gasteiger partial charge in [-0.05, 0) is 18.2 Å². The highest BCUT2D eigenvalue weighted by molar-refractivity contribution is 6.31. The number of hydrogen-bond acceptors (Lipinski definition) is 3. The summed E-state index contributed by atoms with van der Waals surface area (Å²) in [5.74, 6) is -1.76.